The summed E-state index contributed by atoms with van der Waals surface area (Å²) in [5.74, 6) is -0.155. The summed E-state index contributed by atoms with van der Waals surface area (Å²) >= 11 is 9.00. The van der Waals surface area contributed by atoms with Crippen LogP contribution in [0.1, 0.15) is 5.56 Å². The van der Waals surface area contributed by atoms with Gasteiger partial charge in [0.1, 0.15) is 0 Å². The minimum absolute atomic E-state index is 0.155. The zero-order valence-corrected chi connectivity index (χ0v) is 15.6. The van der Waals surface area contributed by atoms with E-state index in [1.54, 1.807) is 10.6 Å². The number of benzene rings is 2. The highest BCUT2D eigenvalue weighted by molar-refractivity contribution is 9.10. The van der Waals surface area contributed by atoms with E-state index in [2.05, 4.69) is 21.2 Å². The van der Waals surface area contributed by atoms with E-state index in [0.29, 0.717) is 16.2 Å². The minimum Gasteiger partial charge on any atom is -0.867 e. The Morgan fingerprint density at radius 2 is 1.48 bits per heavy atom. The average molecular weight is 411 g/mol. The summed E-state index contributed by atoms with van der Waals surface area (Å²) in [5, 5.41) is 16.3. The van der Waals surface area contributed by atoms with Crippen molar-refractivity contribution < 1.29 is 9.67 Å². The Morgan fingerprint density at radius 3 is 2.16 bits per heavy atom. The van der Waals surface area contributed by atoms with E-state index in [-0.39, 0.29) is 5.76 Å². The van der Waals surface area contributed by atoms with Gasteiger partial charge in [-0.15, -0.1) is 0 Å². The Balaban J connectivity index is 2.09. The Morgan fingerprint density at radius 1 is 0.880 bits per heavy atom. The van der Waals surface area contributed by atoms with E-state index >= 15 is 0 Å². The molecule has 0 amide bonds. The molecule has 0 aliphatic rings. The molecule has 1 aromatic heterocycles. The van der Waals surface area contributed by atoms with Gasteiger partial charge in [0.25, 0.3) is 0 Å². The van der Waals surface area contributed by atoms with Crippen molar-refractivity contribution in [3.63, 3.8) is 0 Å². The van der Waals surface area contributed by atoms with Crippen LogP contribution in [0.15, 0.2) is 89.7 Å². The number of hydrogen-bond donors (Lipinski definition) is 1. The predicted molar refractivity (Wildman–Crippen MR) is 107 cm³/mol. The maximum Gasteiger partial charge on any atom is 0.238 e. The fourth-order valence-corrected chi connectivity index (χ4v) is 3.15. The zero-order chi connectivity index (χ0) is 17.6. The SMILES string of the molecule is [O-]C(=C(C(=S)Nc1ccccc1)[n+]1ccccc1)c1ccccc1Br. The van der Waals surface area contributed by atoms with Crippen molar-refractivity contribution in [1.29, 1.82) is 0 Å². The second-order valence-electron chi connectivity index (χ2n) is 5.26. The van der Waals surface area contributed by atoms with Gasteiger partial charge in [-0.3, -0.25) is 0 Å². The summed E-state index contributed by atoms with van der Waals surface area (Å²) in [6.45, 7) is 0. The number of anilines is 1. The van der Waals surface area contributed by atoms with Gasteiger partial charge in [-0.25, -0.2) is 0 Å². The van der Waals surface area contributed by atoms with E-state index in [0.717, 1.165) is 10.2 Å². The van der Waals surface area contributed by atoms with Gasteiger partial charge in [0.05, 0.1) is 0 Å². The minimum atomic E-state index is -0.155. The van der Waals surface area contributed by atoms with E-state index in [9.17, 15) is 5.11 Å². The second kappa shape index (κ2) is 8.05. The number of thiocarbonyl (C=S) groups is 1. The summed E-state index contributed by atoms with van der Waals surface area (Å²) in [4.78, 5) is 0.364. The van der Waals surface area contributed by atoms with Crippen LogP contribution in [0.25, 0.3) is 11.5 Å². The standard InChI is InChI=1S/C20H15BrN2OS/c21-17-12-6-5-11-16(17)19(24)18(23-13-7-2-8-14-23)20(25)22-15-9-3-1-4-10-15/h1-14H,(H-,22,24,25). The molecular weight excluding hydrogens is 396 g/mol. The third-order valence-electron chi connectivity index (χ3n) is 3.55. The van der Waals surface area contributed by atoms with Gasteiger partial charge in [0, 0.05) is 22.3 Å². The lowest BCUT2D eigenvalue weighted by Gasteiger charge is -2.18. The van der Waals surface area contributed by atoms with Gasteiger partial charge in [-0.05, 0) is 29.5 Å². The topological polar surface area (TPSA) is 39.0 Å². The normalized spacial score (nSPS) is 11.6. The monoisotopic (exact) mass is 410 g/mol. The van der Waals surface area contributed by atoms with Crippen molar-refractivity contribution in [3.8, 4) is 0 Å². The number of para-hydroxylation sites is 1. The van der Waals surface area contributed by atoms with E-state index in [4.69, 9.17) is 12.2 Å². The first-order valence-corrected chi connectivity index (χ1v) is 8.86. The summed E-state index contributed by atoms with van der Waals surface area (Å²) < 4.78 is 2.47. The molecular formula is C20H15BrN2OS. The molecule has 25 heavy (non-hydrogen) atoms. The van der Waals surface area contributed by atoms with Crippen LogP contribution in [-0.2, 0) is 0 Å². The molecule has 3 rings (SSSR count). The van der Waals surface area contributed by atoms with Gasteiger partial charge in [0.15, 0.2) is 17.4 Å². The first-order chi connectivity index (χ1) is 12.2. The van der Waals surface area contributed by atoms with Crippen LogP contribution in [0, 0.1) is 0 Å². The number of nitrogens with zero attached hydrogens (tertiary/aromatic N) is 1. The highest BCUT2D eigenvalue weighted by Crippen LogP contribution is 2.24. The van der Waals surface area contributed by atoms with Crippen LogP contribution in [-0.4, -0.2) is 4.99 Å². The van der Waals surface area contributed by atoms with Crippen molar-refractivity contribution in [2.45, 2.75) is 0 Å². The first-order valence-electron chi connectivity index (χ1n) is 7.66. The zero-order valence-electron chi connectivity index (χ0n) is 13.2. The van der Waals surface area contributed by atoms with Crippen LogP contribution in [0.5, 0.6) is 0 Å². The molecule has 2 aromatic carbocycles. The maximum atomic E-state index is 13.2. The van der Waals surface area contributed by atoms with Gasteiger partial charge < -0.3 is 10.4 Å². The smallest absolute Gasteiger partial charge is 0.238 e. The van der Waals surface area contributed by atoms with Crippen molar-refractivity contribution in [2.75, 3.05) is 5.32 Å². The molecule has 0 aliphatic heterocycles. The van der Waals surface area contributed by atoms with Crippen molar-refractivity contribution in [1.82, 2.24) is 0 Å². The number of aromatic nitrogens is 1. The van der Waals surface area contributed by atoms with E-state index in [1.165, 1.54) is 0 Å². The lowest BCUT2D eigenvalue weighted by atomic mass is 10.1. The summed E-state index contributed by atoms with van der Waals surface area (Å²) in [6.07, 6.45) is 3.62. The average Bonchev–Trinajstić information content (AvgIpc) is 2.64. The summed E-state index contributed by atoms with van der Waals surface area (Å²) in [6, 6.07) is 22.5. The van der Waals surface area contributed by atoms with Crippen LogP contribution in [0.3, 0.4) is 0 Å². The molecule has 0 aliphatic carbocycles. The number of halogens is 1. The van der Waals surface area contributed by atoms with Crippen LogP contribution < -0.4 is 15.0 Å². The third kappa shape index (κ3) is 4.13. The first kappa shape index (κ1) is 17.3. The van der Waals surface area contributed by atoms with Gasteiger partial charge >= 0.3 is 0 Å². The van der Waals surface area contributed by atoms with Crippen molar-refractivity contribution in [2.24, 2.45) is 0 Å². The Hall–Kier alpha value is -2.50. The van der Waals surface area contributed by atoms with Crippen LogP contribution in [0.2, 0.25) is 0 Å². The quantitative estimate of drug-likeness (QED) is 0.307. The number of pyridine rings is 1. The fourth-order valence-electron chi connectivity index (χ4n) is 2.37. The van der Waals surface area contributed by atoms with E-state index in [1.807, 2.05) is 79.1 Å². The highest BCUT2D eigenvalue weighted by atomic mass is 79.9. The Kier molecular flexibility index (Phi) is 5.58. The third-order valence-corrected chi connectivity index (χ3v) is 4.54. The van der Waals surface area contributed by atoms with Crippen LogP contribution >= 0.6 is 28.1 Å². The molecule has 1 heterocycles. The number of rotatable bonds is 4. The number of nitrogens with one attached hydrogen (secondary N) is 1. The summed E-state index contributed by atoms with van der Waals surface area (Å²) in [5.41, 5.74) is 1.79. The fraction of sp³-hybridized carbons (Fsp3) is 0. The number of hydrogen-bond acceptors (Lipinski definition) is 2. The van der Waals surface area contributed by atoms with Crippen molar-refractivity contribution in [3.05, 3.63) is 95.2 Å². The highest BCUT2D eigenvalue weighted by Gasteiger charge is 2.19. The largest absolute Gasteiger partial charge is 0.867 e. The van der Waals surface area contributed by atoms with Gasteiger partial charge in [-0.1, -0.05) is 70.6 Å². The molecule has 0 fully saturated rings. The molecule has 1 N–H and O–H groups in total. The van der Waals surface area contributed by atoms with Crippen molar-refractivity contribution >= 4 is 50.3 Å². The molecule has 0 saturated carbocycles. The maximum absolute atomic E-state index is 13.2. The molecule has 0 spiro atoms. The predicted octanol–water partition coefficient (Wildman–Crippen LogP) is 3.86. The van der Waals surface area contributed by atoms with Gasteiger partial charge in [-0.2, -0.15) is 4.57 Å². The lowest BCUT2D eigenvalue weighted by molar-refractivity contribution is -0.577. The van der Waals surface area contributed by atoms with Gasteiger partial charge in [0.2, 0.25) is 5.70 Å². The molecule has 0 bridgehead atoms. The molecule has 124 valence electrons. The molecule has 0 saturated heterocycles. The molecule has 0 unspecified atom stereocenters. The lowest BCUT2D eigenvalue weighted by Crippen LogP contribution is -2.39. The molecule has 0 atom stereocenters. The molecule has 3 nitrogen and oxygen atoms in total. The Labute approximate surface area is 160 Å². The second-order valence-corrected chi connectivity index (χ2v) is 6.52. The summed E-state index contributed by atoms with van der Waals surface area (Å²) in [7, 11) is 0. The molecule has 3 aromatic rings. The molecule has 0 radical (unpaired) electrons. The van der Waals surface area contributed by atoms with Crippen LogP contribution in [0.4, 0.5) is 5.69 Å². The molecule has 5 heteroatoms. The Bertz CT molecular complexity index is 911. The van der Waals surface area contributed by atoms with E-state index < -0.39 is 0 Å².